The van der Waals surface area contributed by atoms with Crippen LogP contribution in [0.3, 0.4) is 0 Å². The van der Waals surface area contributed by atoms with Gasteiger partial charge in [-0.3, -0.25) is 9.69 Å². The van der Waals surface area contributed by atoms with Crippen LogP contribution in [0.25, 0.3) is 0 Å². The molecule has 2 rings (SSSR count). The largest absolute Gasteiger partial charge is 0.323 e. The van der Waals surface area contributed by atoms with E-state index < -0.39 is 15.2 Å². The molecule has 2 aliphatic rings. The van der Waals surface area contributed by atoms with Crippen molar-refractivity contribution in [2.75, 3.05) is 56.5 Å². The van der Waals surface area contributed by atoms with E-state index in [2.05, 4.69) is 10.2 Å². The molecule has 0 aliphatic carbocycles. The molecule has 0 aromatic rings. The zero-order chi connectivity index (χ0) is 14.6. The molecule has 1 N–H and O–H groups in total. The highest BCUT2D eigenvalue weighted by Crippen LogP contribution is 2.21. The second-order valence-electron chi connectivity index (χ2n) is 5.09. The standard InChI is InChI=1S/C12H23N3O3S2/c1-2-20(17,18)12-10-19-8-7-15(12)11(16)9-14-5-3-13-4-6-14/h12-13H,2-10H2,1H3. The number of piperazine rings is 1. The lowest BCUT2D eigenvalue weighted by atomic mass is 10.3. The molecule has 0 spiro atoms. The number of carbonyl (C=O) groups is 1. The lowest BCUT2D eigenvalue weighted by Gasteiger charge is -2.36. The lowest BCUT2D eigenvalue weighted by Crippen LogP contribution is -2.55. The molecule has 6 nitrogen and oxygen atoms in total. The minimum Gasteiger partial charge on any atom is -0.323 e. The van der Waals surface area contributed by atoms with E-state index in [9.17, 15) is 13.2 Å². The fourth-order valence-corrected chi connectivity index (χ4v) is 5.50. The van der Waals surface area contributed by atoms with Gasteiger partial charge in [0.05, 0.1) is 6.54 Å². The quantitative estimate of drug-likeness (QED) is 0.733. The number of nitrogens with one attached hydrogen (secondary N) is 1. The fourth-order valence-electron chi connectivity index (χ4n) is 2.51. The summed E-state index contributed by atoms with van der Waals surface area (Å²) in [6.07, 6.45) is 0. The second-order valence-corrected chi connectivity index (χ2v) is 8.69. The van der Waals surface area contributed by atoms with E-state index in [0.717, 1.165) is 31.9 Å². The Morgan fingerprint density at radius 2 is 2.00 bits per heavy atom. The van der Waals surface area contributed by atoms with E-state index in [1.54, 1.807) is 23.6 Å². The van der Waals surface area contributed by atoms with Crippen LogP contribution >= 0.6 is 11.8 Å². The third-order valence-corrected chi connectivity index (χ3v) is 7.08. The highest BCUT2D eigenvalue weighted by Gasteiger charge is 2.36. The van der Waals surface area contributed by atoms with Gasteiger partial charge < -0.3 is 10.2 Å². The van der Waals surface area contributed by atoms with Crippen molar-refractivity contribution in [1.82, 2.24) is 15.1 Å². The molecular weight excluding hydrogens is 298 g/mol. The Balaban J connectivity index is 2.01. The molecule has 0 radical (unpaired) electrons. The Bertz CT molecular complexity index is 435. The normalized spacial score (nSPS) is 25.6. The van der Waals surface area contributed by atoms with Gasteiger partial charge in [0.15, 0.2) is 9.84 Å². The summed E-state index contributed by atoms with van der Waals surface area (Å²) in [5.41, 5.74) is 0. The predicted molar refractivity (Wildman–Crippen MR) is 81.6 cm³/mol. The molecule has 0 bridgehead atoms. The fraction of sp³-hybridized carbons (Fsp3) is 0.917. The van der Waals surface area contributed by atoms with Gasteiger partial charge >= 0.3 is 0 Å². The van der Waals surface area contributed by atoms with Crippen LogP contribution in [0.1, 0.15) is 6.92 Å². The SMILES string of the molecule is CCS(=O)(=O)C1CSCCN1C(=O)CN1CCNCC1. The van der Waals surface area contributed by atoms with Crippen LogP contribution in [-0.4, -0.2) is 86.0 Å². The maximum absolute atomic E-state index is 12.4. The van der Waals surface area contributed by atoms with E-state index in [1.807, 2.05) is 0 Å². The third-order valence-electron chi connectivity index (χ3n) is 3.79. The molecule has 0 aromatic carbocycles. The van der Waals surface area contributed by atoms with Crippen LogP contribution in [0.2, 0.25) is 0 Å². The highest BCUT2D eigenvalue weighted by molar-refractivity contribution is 8.01. The molecular formula is C12H23N3O3S2. The number of sulfone groups is 1. The Hall–Kier alpha value is -0.310. The molecule has 1 amide bonds. The van der Waals surface area contributed by atoms with Crippen molar-refractivity contribution in [2.24, 2.45) is 0 Å². The van der Waals surface area contributed by atoms with Crippen LogP contribution in [-0.2, 0) is 14.6 Å². The van der Waals surface area contributed by atoms with E-state index in [4.69, 9.17) is 0 Å². The van der Waals surface area contributed by atoms with Crippen LogP contribution < -0.4 is 5.32 Å². The average Bonchev–Trinajstić information content (AvgIpc) is 2.48. The molecule has 1 unspecified atom stereocenters. The van der Waals surface area contributed by atoms with Crippen molar-refractivity contribution in [3.8, 4) is 0 Å². The Kier molecular flexibility index (Phi) is 5.71. The maximum Gasteiger partial charge on any atom is 0.237 e. The number of carbonyl (C=O) groups excluding carboxylic acids is 1. The minimum atomic E-state index is -3.20. The summed E-state index contributed by atoms with van der Waals surface area (Å²) in [6, 6.07) is 0. The van der Waals surface area contributed by atoms with Gasteiger partial charge in [0.25, 0.3) is 0 Å². The first-order valence-corrected chi connectivity index (χ1v) is 9.93. The van der Waals surface area contributed by atoms with Crippen LogP contribution in [0.5, 0.6) is 0 Å². The number of hydrogen-bond acceptors (Lipinski definition) is 6. The molecule has 2 aliphatic heterocycles. The van der Waals surface area contributed by atoms with Crippen LogP contribution in [0.4, 0.5) is 0 Å². The number of rotatable bonds is 4. The summed E-state index contributed by atoms with van der Waals surface area (Å²) in [7, 11) is -3.20. The average molecular weight is 321 g/mol. The van der Waals surface area contributed by atoms with Gasteiger partial charge in [-0.15, -0.1) is 0 Å². The molecule has 2 fully saturated rings. The summed E-state index contributed by atoms with van der Waals surface area (Å²) in [5.74, 6) is 1.37. The van der Waals surface area contributed by atoms with Gasteiger partial charge in [0.2, 0.25) is 5.91 Å². The number of hydrogen-bond donors (Lipinski definition) is 1. The molecule has 1 atom stereocenters. The maximum atomic E-state index is 12.4. The van der Waals surface area contributed by atoms with Gasteiger partial charge in [-0.1, -0.05) is 6.92 Å². The molecule has 2 saturated heterocycles. The molecule has 0 saturated carbocycles. The van der Waals surface area contributed by atoms with Crippen molar-refractivity contribution in [3.63, 3.8) is 0 Å². The monoisotopic (exact) mass is 321 g/mol. The second kappa shape index (κ2) is 7.11. The van der Waals surface area contributed by atoms with Crippen molar-refractivity contribution in [3.05, 3.63) is 0 Å². The zero-order valence-corrected chi connectivity index (χ0v) is 13.5. The van der Waals surface area contributed by atoms with Crippen LogP contribution in [0, 0.1) is 0 Å². The first kappa shape index (κ1) is 16.1. The van der Waals surface area contributed by atoms with Gasteiger partial charge in [-0.25, -0.2) is 8.42 Å². The minimum absolute atomic E-state index is 0.0470. The van der Waals surface area contributed by atoms with Crippen molar-refractivity contribution in [2.45, 2.75) is 12.3 Å². The number of thioether (sulfide) groups is 1. The molecule has 8 heteroatoms. The Morgan fingerprint density at radius 3 is 2.65 bits per heavy atom. The highest BCUT2D eigenvalue weighted by atomic mass is 32.2. The summed E-state index contributed by atoms with van der Waals surface area (Å²) >= 11 is 1.62. The van der Waals surface area contributed by atoms with Crippen molar-refractivity contribution in [1.29, 1.82) is 0 Å². The molecule has 20 heavy (non-hydrogen) atoms. The van der Waals surface area contributed by atoms with Crippen molar-refractivity contribution < 1.29 is 13.2 Å². The van der Waals surface area contributed by atoms with E-state index in [1.165, 1.54) is 0 Å². The first-order valence-electron chi connectivity index (χ1n) is 7.06. The summed E-state index contributed by atoms with van der Waals surface area (Å²) in [4.78, 5) is 16.1. The first-order chi connectivity index (χ1) is 9.54. The van der Waals surface area contributed by atoms with Gasteiger partial charge in [-0.2, -0.15) is 11.8 Å². The van der Waals surface area contributed by atoms with E-state index >= 15 is 0 Å². The lowest BCUT2D eigenvalue weighted by molar-refractivity contribution is -0.133. The van der Waals surface area contributed by atoms with Crippen LogP contribution in [0.15, 0.2) is 0 Å². The van der Waals surface area contributed by atoms with E-state index in [-0.39, 0.29) is 11.7 Å². The smallest absolute Gasteiger partial charge is 0.237 e. The van der Waals surface area contributed by atoms with Gasteiger partial charge in [0.1, 0.15) is 5.37 Å². The Morgan fingerprint density at radius 1 is 1.30 bits per heavy atom. The van der Waals surface area contributed by atoms with Gasteiger partial charge in [0, 0.05) is 50.0 Å². The summed E-state index contributed by atoms with van der Waals surface area (Å²) in [5, 5.41) is 2.61. The summed E-state index contributed by atoms with van der Waals surface area (Å²) < 4.78 is 24.3. The summed E-state index contributed by atoms with van der Waals surface area (Å²) in [6.45, 7) is 5.99. The Labute approximate surface area is 125 Å². The predicted octanol–water partition coefficient (Wildman–Crippen LogP) is -0.772. The van der Waals surface area contributed by atoms with Crippen molar-refractivity contribution >= 4 is 27.5 Å². The number of amides is 1. The number of nitrogens with zero attached hydrogens (tertiary/aromatic N) is 2. The molecule has 2 heterocycles. The zero-order valence-electron chi connectivity index (χ0n) is 11.9. The van der Waals surface area contributed by atoms with Gasteiger partial charge in [-0.05, 0) is 0 Å². The third kappa shape index (κ3) is 3.87. The van der Waals surface area contributed by atoms with E-state index in [0.29, 0.717) is 18.8 Å². The topological polar surface area (TPSA) is 69.7 Å². The molecule has 0 aromatic heterocycles. The molecule has 116 valence electrons.